The number of benzene rings is 2. The van der Waals surface area contributed by atoms with Crippen LogP contribution in [0.3, 0.4) is 0 Å². The van der Waals surface area contributed by atoms with E-state index >= 15 is 0 Å². The molecule has 2 aliphatic rings. The summed E-state index contributed by atoms with van der Waals surface area (Å²) in [6, 6.07) is 8.69. The maximum Gasteiger partial charge on any atom is 0.416 e. The Bertz CT molecular complexity index is 874. The van der Waals surface area contributed by atoms with Gasteiger partial charge in [0.15, 0.2) is 11.5 Å². The number of rotatable bonds is 2. The third kappa shape index (κ3) is 2.87. The summed E-state index contributed by atoms with van der Waals surface area (Å²) in [6.07, 6.45) is -1.09. The molecule has 2 aromatic rings. The van der Waals surface area contributed by atoms with E-state index in [1.807, 2.05) is 7.05 Å². The molecule has 144 valence electrons. The van der Waals surface area contributed by atoms with Crippen molar-refractivity contribution in [2.24, 2.45) is 0 Å². The van der Waals surface area contributed by atoms with Crippen LogP contribution < -0.4 is 0 Å². The molecule has 4 rings (SSSR count). The molecule has 0 amide bonds. The van der Waals surface area contributed by atoms with Crippen molar-refractivity contribution in [3.8, 4) is 11.5 Å². The van der Waals surface area contributed by atoms with Gasteiger partial charge in [0, 0.05) is 18.0 Å². The molecule has 1 atom stereocenters. The minimum Gasteiger partial charge on any atom is -0.504 e. The first-order chi connectivity index (χ1) is 12.7. The smallest absolute Gasteiger partial charge is 0.416 e. The average molecular weight is 377 g/mol. The number of aromatic hydroxyl groups is 2. The number of nitrogens with zero attached hydrogens (tertiary/aromatic N) is 1. The van der Waals surface area contributed by atoms with Crippen molar-refractivity contribution in [1.82, 2.24) is 4.90 Å². The van der Waals surface area contributed by atoms with Crippen molar-refractivity contribution in [1.29, 1.82) is 0 Å². The molecular formula is C21H22F3NO2. The standard InChI is InChI=1S/C21H22F3NO2/c1-25-9-6-13-10-17(26)18(27)12-16(13)19(25)20(7-3-8-20)14-4-2-5-15(11-14)21(22,23)24/h2,4-5,10-12,19,26-27H,3,6-9H2,1H3. The lowest BCUT2D eigenvalue weighted by Crippen LogP contribution is -2.49. The zero-order valence-corrected chi connectivity index (χ0v) is 15.1. The van der Waals surface area contributed by atoms with Crippen LogP contribution in [0.5, 0.6) is 11.5 Å². The minimum atomic E-state index is -4.37. The van der Waals surface area contributed by atoms with Gasteiger partial charge in [0.2, 0.25) is 0 Å². The van der Waals surface area contributed by atoms with Gasteiger partial charge in [-0.3, -0.25) is 4.90 Å². The number of phenols is 2. The highest BCUT2D eigenvalue weighted by molar-refractivity contribution is 5.50. The molecule has 0 saturated heterocycles. The molecule has 0 spiro atoms. The fourth-order valence-corrected chi connectivity index (χ4v) is 4.77. The molecule has 1 aliphatic heterocycles. The van der Waals surface area contributed by atoms with Gasteiger partial charge in [-0.25, -0.2) is 0 Å². The third-order valence-electron chi connectivity index (χ3n) is 6.24. The number of alkyl halides is 3. The molecule has 1 aliphatic carbocycles. The Hall–Kier alpha value is -2.21. The summed E-state index contributed by atoms with van der Waals surface area (Å²) in [5, 5.41) is 19.9. The summed E-state index contributed by atoms with van der Waals surface area (Å²) in [7, 11) is 1.98. The summed E-state index contributed by atoms with van der Waals surface area (Å²) in [6.45, 7) is 0.753. The molecule has 1 heterocycles. The molecule has 1 unspecified atom stereocenters. The van der Waals surface area contributed by atoms with Gasteiger partial charge >= 0.3 is 6.18 Å². The van der Waals surface area contributed by atoms with Gasteiger partial charge in [-0.2, -0.15) is 13.2 Å². The molecule has 27 heavy (non-hydrogen) atoms. The number of hydrogen-bond donors (Lipinski definition) is 2. The van der Waals surface area contributed by atoms with Crippen molar-refractivity contribution in [2.75, 3.05) is 13.6 Å². The normalized spacial score (nSPS) is 22.1. The van der Waals surface area contributed by atoms with E-state index in [0.717, 1.165) is 49.4 Å². The van der Waals surface area contributed by atoms with Crippen molar-refractivity contribution < 1.29 is 23.4 Å². The highest BCUT2D eigenvalue weighted by atomic mass is 19.4. The highest BCUT2D eigenvalue weighted by Gasteiger charge is 2.50. The van der Waals surface area contributed by atoms with Crippen LogP contribution in [-0.2, 0) is 18.0 Å². The van der Waals surface area contributed by atoms with Crippen LogP contribution in [0.25, 0.3) is 0 Å². The van der Waals surface area contributed by atoms with E-state index < -0.39 is 17.2 Å². The molecule has 2 N–H and O–H groups in total. The topological polar surface area (TPSA) is 43.7 Å². The second kappa shape index (κ2) is 6.16. The van der Waals surface area contributed by atoms with E-state index in [4.69, 9.17) is 0 Å². The van der Waals surface area contributed by atoms with Gasteiger partial charge in [0.1, 0.15) is 0 Å². The second-order valence-corrected chi connectivity index (χ2v) is 7.76. The number of halogens is 3. The van der Waals surface area contributed by atoms with Gasteiger partial charge in [-0.05, 0) is 61.2 Å². The quantitative estimate of drug-likeness (QED) is 0.741. The maximum atomic E-state index is 13.3. The zero-order chi connectivity index (χ0) is 19.4. The lowest BCUT2D eigenvalue weighted by atomic mass is 9.57. The van der Waals surface area contributed by atoms with Crippen molar-refractivity contribution in [3.63, 3.8) is 0 Å². The Balaban J connectivity index is 1.85. The number of phenolic OH excluding ortho intramolecular Hbond substituents is 2. The Kier molecular flexibility index (Phi) is 4.14. The molecule has 0 bridgehead atoms. The molecule has 6 heteroatoms. The summed E-state index contributed by atoms with van der Waals surface area (Å²) in [5.41, 5.74) is 1.50. The summed E-state index contributed by atoms with van der Waals surface area (Å²) < 4.78 is 39.8. The Morgan fingerprint density at radius 1 is 1.07 bits per heavy atom. The third-order valence-corrected chi connectivity index (χ3v) is 6.24. The van der Waals surface area contributed by atoms with Gasteiger partial charge in [-0.15, -0.1) is 0 Å². The minimum absolute atomic E-state index is 0.134. The fourth-order valence-electron chi connectivity index (χ4n) is 4.77. The Morgan fingerprint density at radius 3 is 2.41 bits per heavy atom. The lowest BCUT2D eigenvalue weighted by molar-refractivity contribution is -0.137. The van der Waals surface area contributed by atoms with E-state index in [1.165, 1.54) is 12.1 Å². The molecule has 1 saturated carbocycles. The second-order valence-electron chi connectivity index (χ2n) is 7.76. The van der Waals surface area contributed by atoms with Gasteiger partial charge in [-0.1, -0.05) is 24.6 Å². The first kappa shape index (κ1) is 18.2. The molecule has 3 nitrogen and oxygen atoms in total. The fraction of sp³-hybridized carbons (Fsp3) is 0.429. The van der Waals surface area contributed by atoms with Gasteiger partial charge in [0.25, 0.3) is 0 Å². The van der Waals surface area contributed by atoms with E-state index in [-0.39, 0.29) is 17.5 Å². The monoisotopic (exact) mass is 377 g/mol. The first-order valence-electron chi connectivity index (χ1n) is 9.15. The van der Waals surface area contributed by atoms with E-state index in [2.05, 4.69) is 4.90 Å². The van der Waals surface area contributed by atoms with Gasteiger partial charge < -0.3 is 10.2 Å². The Morgan fingerprint density at radius 2 is 1.78 bits per heavy atom. The van der Waals surface area contributed by atoms with Crippen LogP contribution >= 0.6 is 0 Å². The van der Waals surface area contributed by atoms with Crippen LogP contribution in [0.4, 0.5) is 13.2 Å². The van der Waals surface area contributed by atoms with E-state index in [9.17, 15) is 23.4 Å². The van der Waals surface area contributed by atoms with Crippen LogP contribution in [0, 0.1) is 0 Å². The summed E-state index contributed by atoms with van der Waals surface area (Å²) >= 11 is 0. The molecular weight excluding hydrogens is 355 g/mol. The van der Waals surface area contributed by atoms with E-state index in [1.54, 1.807) is 18.2 Å². The van der Waals surface area contributed by atoms with Crippen LogP contribution in [0.2, 0.25) is 0 Å². The summed E-state index contributed by atoms with van der Waals surface area (Å²) in [5.74, 6) is -0.341. The summed E-state index contributed by atoms with van der Waals surface area (Å²) in [4.78, 5) is 2.16. The molecule has 0 aromatic heterocycles. The number of fused-ring (bicyclic) bond motifs is 1. The average Bonchev–Trinajstić information content (AvgIpc) is 2.57. The SMILES string of the molecule is CN1CCc2cc(O)c(O)cc2C1C1(c2cccc(C(F)(F)F)c2)CCC1. The predicted octanol–water partition coefficient (Wildman–Crippen LogP) is 4.77. The van der Waals surface area contributed by atoms with Crippen LogP contribution in [-0.4, -0.2) is 28.7 Å². The van der Waals surface area contributed by atoms with Crippen molar-refractivity contribution in [2.45, 2.75) is 43.3 Å². The van der Waals surface area contributed by atoms with E-state index in [0.29, 0.717) is 5.56 Å². The largest absolute Gasteiger partial charge is 0.504 e. The van der Waals surface area contributed by atoms with Crippen LogP contribution in [0.15, 0.2) is 36.4 Å². The van der Waals surface area contributed by atoms with Crippen molar-refractivity contribution in [3.05, 3.63) is 58.7 Å². The zero-order valence-electron chi connectivity index (χ0n) is 15.1. The first-order valence-corrected chi connectivity index (χ1v) is 9.15. The maximum absolute atomic E-state index is 13.3. The molecule has 2 aromatic carbocycles. The number of hydrogen-bond acceptors (Lipinski definition) is 3. The number of likely N-dealkylation sites (N-methyl/N-ethyl adjacent to an activating group) is 1. The van der Waals surface area contributed by atoms with Crippen molar-refractivity contribution >= 4 is 0 Å². The molecule has 1 fully saturated rings. The van der Waals surface area contributed by atoms with Gasteiger partial charge in [0.05, 0.1) is 5.56 Å². The van der Waals surface area contributed by atoms with Crippen LogP contribution in [0.1, 0.15) is 47.6 Å². The predicted molar refractivity (Wildman–Crippen MR) is 95.8 cm³/mol. The molecule has 0 radical (unpaired) electrons. The Labute approximate surface area is 156 Å². The lowest BCUT2D eigenvalue weighted by Gasteiger charge is -2.53. The highest BCUT2D eigenvalue weighted by Crippen LogP contribution is 2.56.